The second kappa shape index (κ2) is 10.2. The van der Waals surface area contributed by atoms with E-state index in [1.165, 1.54) is 41.3 Å². The number of anilines is 1. The first-order chi connectivity index (χ1) is 16.4. The van der Waals surface area contributed by atoms with Gasteiger partial charge in [-0.2, -0.15) is 5.10 Å². The van der Waals surface area contributed by atoms with Crippen LogP contribution >= 0.6 is 23.2 Å². The number of amides is 1. The van der Waals surface area contributed by atoms with Gasteiger partial charge in [0.05, 0.1) is 32.9 Å². The Morgan fingerprint density at radius 1 is 1.09 bits per heavy atom. The molecular formula is C22H15Cl2N5O5. The monoisotopic (exact) mass is 499 g/mol. The number of aromatic nitrogens is 3. The zero-order valence-corrected chi connectivity index (χ0v) is 18.7. The molecule has 1 N–H and O–H groups in total. The van der Waals surface area contributed by atoms with E-state index in [0.717, 1.165) is 0 Å². The first-order valence-corrected chi connectivity index (χ1v) is 10.4. The lowest BCUT2D eigenvalue weighted by Gasteiger charge is -2.10. The zero-order valence-electron chi connectivity index (χ0n) is 17.2. The Hall–Kier alpha value is -4.15. The Balaban J connectivity index is 1.47. The lowest BCUT2D eigenvalue weighted by molar-refractivity contribution is -0.384. The molecule has 0 aliphatic heterocycles. The van der Waals surface area contributed by atoms with Crippen LogP contribution < -0.4 is 14.8 Å². The summed E-state index contributed by atoms with van der Waals surface area (Å²) in [7, 11) is 0. The molecule has 2 heterocycles. The number of hydrogen-bond donors (Lipinski definition) is 1. The van der Waals surface area contributed by atoms with Crippen LogP contribution in [0.25, 0.3) is 0 Å². The highest BCUT2D eigenvalue weighted by Gasteiger charge is 2.16. The Bertz CT molecular complexity index is 1330. The molecule has 0 spiro atoms. The molecule has 0 atom stereocenters. The van der Waals surface area contributed by atoms with Crippen molar-refractivity contribution in [1.29, 1.82) is 0 Å². The number of pyridine rings is 1. The van der Waals surface area contributed by atoms with Gasteiger partial charge in [0.15, 0.2) is 18.2 Å². The molecule has 34 heavy (non-hydrogen) atoms. The van der Waals surface area contributed by atoms with Gasteiger partial charge in [-0.15, -0.1) is 0 Å². The lowest BCUT2D eigenvalue weighted by Crippen LogP contribution is -2.14. The van der Waals surface area contributed by atoms with Gasteiger partial charge >= 0.3 is 0 Å². The number of non-ortho nitro benzene ring substituents is 1. The predicted octanol–water partition coefficient (Wildman–Crippen LogP) is 5.57. The van der Waals surface area contributed by atoms with Crippen molar-refractivity contribution in [3.63, 3.8) is 0 Å². The first kappa shape index (κ1) is 23.0. The summed E-state index contributed by atoms with van der Waals surface area (Å²) in [6.45, 7) is -0.0450. The highest BCUT2D eigenvalue weighted by atomic mass is 35.5. The third-order valence-corrected chi connectivity index (χ3v) is 4.96. The maximum absolute atomic E-state index is 12.7. The smallest absolute Gasteiger partial charge is 0.276 e. The molecule has 0 aliphatic rings. The summed E-state index contributed by atoms with van der Waals surface area (Å²) in [6, 6.07) is 13.7. The van der Waals surface area contributed by atoms with Crippen molar-refractivity contribution < 1.29 is 19.2 Å². The molecule has 10 nitrogen and oxygen atoms in total. The van der Waals surface area contributed by atoms with Gasteiger partial charge in [-0.05, 0) is 30.3 Å². The fraction of sp³-hybridized carbons (Fsp3) is 0.0455. The second-order valence-corrected chi connectivity index (χ2v) is 7.60. The summed E-state index contributed by atoms with van der Waals surface area (Å²) in [5.41, 5.74) is -0.0333. The highest BCUT2D eigenvalue weighted by molar-refractivity contribution is 6.37. The molecule has 0 bridgehead atoms. The molecule has 0 fully saturated rings. The maximum atomic E-state index is 12.7. The number of nitrogens with one attached hydrogen (secondary N) is 1. The Morgan fingerprint density at radius 2 is 1.88 bits per heavy atom. The van der Waals surface area contributed by atoms with Crippen molar-refractivity contribution in [2.45, 2.75) is 6.73 Å². The molecule has 2 aromatic carbocycles. The van der Waals surface area contributed by atoms with Crippen LogP contribution in [-0.2, 0) is 6.73 Å². The number of carbonyl (C=O) groups excluding carboxylic acids is 1. The van der Waals surface area contributed by atoms with Crippen LogP contribution in [0.15, 0.2) is 73.2 Å². The van der Waals surface area contributed by atoms with E-state index in [9.17, 15) is 14.9 Å². The number of nitrogens with zero attached hydrogens (tertiary/aromatic N) is 4. The SMILES string of the molecule is O=C(Nc1cc(Oc2cccnc2)cc([N+](=O)[O-])c1)c1ccn(COc2c(Cl)cccc2Cl)n1. The van der Waals surface area contributed by atoms with Crippen LogP contribution in [0.4, 0.5) is 11.4 Å². The second-order valence-electron chi connectivity index (χ2n) is 6.78. The van der Waals surface area contributed by atoms with Gasteiger partial charge < -0.3 is 14.8 Å². The summed E-state index contributed by atoms with van der Waals surface area (Å²) in [5, 5.41) is 18.7. The van der Waals surface area contributed by atoms with Crippen LogP contribution in [0.3, 0.4) is 0 Å². The predicted molar refractivity (Wildman–Crippen MR) is 125 cm³/mol. The Kier molecular flexibility index (Phi) is 6.90. The average Bonchev–Trinajstić information content (AvgIpc) is 3.28. The molecule has 1 amide bonds. The van der Waals surface area contributed by atoms with E-state index in [2.05, 4.69) is 15.4 Å². The number of carbonyl (C=O) groups is 1. The van der Waals surface area contributed by atoms with E-state index in [1.807, 2.05) is 0 Å². The quantitative estimate of drug-likeness (QED) is 0.248. The molecule has 0 saturated carbocycles. The van der Waals surface area contributed by atoms with Crippen molar-refractivity contribution in [2.24, 2.45) is 0 Å². The van der Waals surface area contributed by atoms with Gasteiger partial charge in [-0.3, -0.25) is 19.9 Å². The molecule has 0 saturated heterocycles. The van der Waals surface area contributed by atoms with Crippen LogP contribution in [0.5, 0.6) is 17.2 Å². The molecule has 12 heteroatoms. The summed E-state index contributed by atoms with van der Waals surface area (Å²) in [4.78, 5) is 27.3. The van der Waals surface area contributed by atoms with E-state index < -0.39 is 10.8 Å². The van der Waals surface area contributed by atoms with Gasteiger partial charge in [0.2, 0.25) is 0 Å². The third-order valence-electron chi connectivity index (χ3n) is 4.36. The van der Waals surface area contributed by atoms with Gasteiger partial charge in [-0.25, -0.2) is 4.68 Å². The van der Waals surface area contributed by atoms with E-state index >= 15 is 0 Å². The number of ether oxygens (including phenoxy) is 2. The topological polar surface area (TPSA) is 121 Å². The molecular weight excluding hydrogens is 485 g/mol. The Labute approximate surface area is 202 Å². The number of para-hydroxylation sites is 1. The van der Waals surface area contributed by atoms with Crippen molar-refractivity contribution in [2.75, 3.05) is 5.32 Å². The van der Waals surface area contributed by atoms with Crippen molar-refractivity contribution in [1.82, 2.24) is 14.8 Å². The number of halogens is 2. The minimum absolute atomic E-state index is 0.0450. The number of hydrogen-bond acceptors (Lipinski definition) is 7. The number of rotatable bonds is 8. The molecule has 4 rings (SSSR count). The number of nitro groups is 1. The maximum Gasteiger partial charge on any atom is 0.276 e. The van der Waals surface area contributed by atoms with E-state index in [0.29, 0.717) is 21.5 Å². The van der Waals surface area contributed by atoms with Gasteiger partial charge in [-0.1, -0.05) is 29.3 Å². The average molecular weight is 500 g/mol. The van der Waals surface area contributed by atoms with E-state index in [1.54, 1.807) is 36.5 Å². The fourth-order valence-corrected chi connectivity index (χ4v) is 3.37. The molecule has 172 valence electrons. The molecule has 2 aromatic heterocycles. The van der Waals surface area contributed by atoms with Gasteiger partial charge in [0.25, 0.3) is 11.6 Å². The van der Waals surface area contributed by atoms with Gasteiger partial charge in [0.1, 0.15) is 11.5 Å². The van der Waals surface area contributed by atoms with Gasteiger partial charge in [0, 0.05) is 24.5 Å². The zero-order chi connectivity index (χ0) is 24.1. The van der Waals surface area contributed by atoms with Crippen LogP contribution in [0, 0.1) is 10.1 Å². The molecule has 0 aliphatic carbocycles. The van der Waals surface area contributed by atoms with Crippen molar-refractivity contribution in [3.05, 3.63) is 99.0 Å². The summed E-state index contributed by atoms with van der Waals surface area (Å²) < 4.78 is 12.6. The molecule has 4 aromatic rings. The standard InChI is InChI=1S/C22H15Cl2N5O5/c23-18-4-1-5-19(24)21(18)33-13-28-8-6-20(27-28)22(30)26-14-9-15(29(31)32)11-17(10-14)34-16-3-2-7-25-12-16/h1-12H,13H2,(H,26,30). The first-order valence-electron chi connectivity index (χ1n) is 9.68. The van der Waals surface area contributed by atoms with Crippen molar-refractivity contribution in [3.8, 4) is 17.2 Å². The normalized spacial score (nSPS) is 10.5. The number of nitro benzene ring substituents is 1. The largest absolute Gasteiger partial charge is 0.468 e. The highest BCUT2D eigenvalue weighted by Crippen LogP contribution is 2.32. The van der Waals surface area contributed by atoms with Crippen LogP contribution in [0.2, 0.25) is 10.0 Å². The molecule has 0 radical (unpaired) electrons. The third kappa shape index (κ3) is 5.61. The van der Waals surface area contributed by atoms with E-state index in [-0.39, 0.29) is 29.5 Å². The fourth-order valence-electron chi connectivity index (χ4n) is 2.86. The summed E-state index contributed by atoms with van der Waals surface area (Å²) in [5.74, 6) is 0.262. The minimum atomic E-state index is -0.586. The lowest BCUT2D eigenvalue weighted by atomic mass is 10.2. The van der Waals surface area contributed by atoms with Crippen LogP contribution in [-0.4, -0.2) is 25.6 Å². The Morgan fingerprint density at radius 3 is 2.59 bits per heavy atom. The number of benzene rings is 2. The summed E-state index contributed by atoms with van der Waals surface area (Å²) >= 11 is 12.2. The van der Waals surface area contributed by atoms with Crippen molar-refractivity contribution >= 4 is 40.5 Å². The van der Waals surface area contributed by atoms with Crippen LogP contribution in [0.1, 0.15) is 10.5 Å². The minimum Gasteiger partial charge on any atom is -0.468 e. The summed E-state index contributed by atoms with van der Waals surface area (Å²) in [6.07, 6.45) is 4.56. The molecule has 0 unspecified atom stereocenters. The van der Waals surface area contributed by atoms with E-state index in [4.69, 9.17) is 32.7 Å².